The van der Waals surface area contributed by atoms with Crippen molar-refractivity contribution in [3.8, 4) is 0 Å². The number of rotatable bonds is 5. The van der Waals surface area contributed by atoms with E-state index in [1.165, 1.54) is 0 Å². The molecule has 4 nitrogen and oxygen atoms in total. The molecule has 1 aromatic heterocycles. The third-order valence-corrected chi connectivity index (χ3v) is 4.70. The monoisotopic (exact) mass is 303 g/mol. The molecule has 21 heavy (non-hydrogen) atoms. The van der Waals surface area contributed by atoms with E-state index < -0.39 is 0 Å². The van der Waals surface area contributed by atoms with Crippen LogP contribution in [0.5, 0.6) is 0 Å². The number of aryl methyl sites for hydroxylation is 2. The largest absolute Gasteiger partial charge is 0.348 e. The number of benzene rings is 1. The molecule has 0 aliphatic heterocycles. The van der Waals surface area contributed by atoms with Gasteiger partial charge in [-0.05, 0) is 26.3 Å². The number of hydrogen-bond acceptors (Lipinski definition) is 4. The first-order valence-corrected chi connectivity index (χ1v) is 7.84. The number of thiazole rings is 1. The SMILES string of the molecule is Cc1nc(C)c(C(C)NC(=O)C(CN)c2ccccc2)s1. The molecular weight excluding hydrogens is 282 g/mol. The van der Waals surface area contributed by atoms with Gasteiger partial charge in [0, 0.05) is 11.4 Å². The molecule has 5 heteroatoms. The van der Waals surface area contributed by atoms with Crippen LogP contribution >= 0.6 is 11.3 Å². The van der Waals surface area contributed by atoms with Gasteiger partial charge in [0.15, 0.2) is 0 Å². The van der Waals surface area contributed by atoms with Crippen molar-refractivity contribution in [2.45, 2.75) is 32.7 Å². The molecule has 2 aromatic rings. The number of carbonyl (C=O) groups is 1. The Bertz CT molecular complexity index is 609. The van der Waals surface area contributed by atoms with Crippen LogP contribution in [0, 0.1) is 13.8 Å². The first kappa shape index (κ1) is 15.7. The number of nitrogens with one attached hydrogen (secondary N) is 1. The van der Waals surface area contributed by atoms with Crippen LogP contribution in [0.3, 0.4) is 0 Å². The second-order valence-electron chi connectivity index (χ2n) is 5.11. The van der Waals surface area contributed by atoms with Crippen LogP contribution < -0.4 is 11.1 Å². The van der Waals surface area contributed by atoms with Crippen molar-refractivity contribution < 1.29 is 4.79 Å². The fourth-order valence-corrected chi connectivity index (χ4v) is 3.34. The van der Waals surface area contributed by atoms with Gasteiger partial charge in [-0.2, -0.15) is 0 Å². The molecule has 1 aromatic carbocycles. The third kappa shape index (κ3) is 3.68. The molecule has 112 valence electrons. The highest BCUT2D eigenvalue weighted by Crippen LogP contribution is 2.25. The summed E-state index contributed by atoms with van der Waals surface area (Å²) in [6.45, 7) is 6.22. The van der Waals surface area contributed by atoms with Crippen LogP contribution in [0.15, 0.2) is 30.3 Å². The summed E-state index contributed by atoms with van der Waals surface area (Å²) in [5, 5.41) is 4.07. The lowest BCUT2D eigenvalue weighted by Crippen LogP contribution is -2.35. The maximum atomic E-state index is 12.5. The number of carbonyl (C=O) groups excluding carboxylic acids is 1. The van der Waals surface area contributed by atoms with E-state index in [-0.39, 0.29) is 17.9 Å². The molecular formula is C16H21N3OS. The van der Waals surface area contributed by atoms with E-state index in [0.717, 1.165) is 21.1 Å². The summed E-state index contributed by atoms with van der Waals surface area (Å²) in [4.78, 5) is 18.0. The molecule has 2 rings (SSSR count). The number of aromatic nitrogens is 1. The average molecular weight is 303 g/mol. The standard InChI is InChI=1S/C16H21N3OS/c1-10-15(21-12(3)18-10)11(2)19-16(20)14(9-17)13-7-5-4-6-8-13/h4-8,11,14H,9,17H2,1-3H3,(H,19,20). The Morgan fingerprint density at radius 1 is 1.33 bits per heavy atom. The fourth-order valence-electron chi connectivity index (χ4n) is 2.41. The highest BCUT2D eigenvalue weighted by atomic mass is 32.1. The Hall–Kier alpha value is -1.72. The maximum absolute atomic E-state index is 12.5. The second-order valence-corrected chi connectivity index (χ2v) is 6.35. The summed E-state index contributed by atoms with van der Waals surface area (Å²) in [5.41, 5.74) is 7.71. The molecule has 0 spiro atoms. The number of nitrogens with zero attached hydrogens (tertiary/aromatic N) is 1. The van der Waals surface area contributed by atoms with Crippen LogP contribution in [0.2, 0.25) is 0 Å². The van der Waals surface area contributed by atoms with E-state index in [1.807, 2.05) is 51.1 Å². The van der Waals surface area contributed by atoms with Gasteiger partial charge < -0.3 is 11.1 Å². The molecule has 0 saturated heterocycles. The van der Waals surface area contributed by atoms with Gasteiger partial charge in [0.1, 0.15) is 0 Å². The fraction of sp³-hybridized carbons (Fsp3) is 0.375. The number of amides is 1. The predicted molar refractivity (Wildman–Crippen MR) is 86.4 cm³/mol. The average Bonchev–Trinajstić information content (AvgIpc) is 2.80. The molecule has 1 amide bonds. The number of nitrogens with two attached hydrogens (primary N) is 1. The van der Waals surface area contributed by atoms with Crippen molar-refractivity contribution in [1.82, 2.24) is 10.3 Å². The van der Waals surface area contributed by atoms with Crippen LogP contribution in [0.25, 0.3) is 0 Å². The first-order valence-electron chi connectivity index (χ1n) is 7.02. The normalized spacial score (nSPS) is 13.7. The molecule has 1 heterocycles. The molecule has 0 fully saturated rings. The van der Waals surface area contributed by atoms with Gasteiger partial charge in [-0.3, -0.25) is 4.79 Å². The Morgan fingerprint density at radius 2 is 2.00 bits per heavy atom. The third-order valence-electron chi connectivity index (χ3n) is 3.45. The lowest BCUT2D eigenvalue weighted by atomic mass is 9.98. The minimum absolute atomic E-state index is 0.0401. The van der Waals surface area contributed by atoms with Gasteiger partial charge in [0.05, 0.1) is 22.7 Å². The van der Waals surface area contributed by atoms with Crippen LogP contribution in [0.1, 0.15) is 40.0 Å². The van der Waals surface area contributed by atoms with Gasteiger partial charge >= 0.3 is 0 Å². The molecule has 2 unspecified atom stereocenters. The van der Waals surface area contributed by atoms with E-state index in [2.05, 4.69) is 10.3 Å². The van der Waals surface area contributed by atoms with Crippen LogP contribution in [0.4, 0.5) is 0 Å². The maximum Gasteiger partial charge on any atom is 0.229 e. The van der Waals surface area contributed by atoms with E-state index in [0.29, 0.717) is 6.54 Å². The van der Waals surface area contributed by atoms with Crippen molar-refractivity contribution in [2.24, 2.45) is 5.73 Å². The Kier molecular flexibility index (Phi) is 5.09. The minimum atomic E-state index is -0.317. The van der Waals surface area contributed by atoms with Gasteiger partial charge in [-0.15, -0.1) is 11.3 Å². The predicted octanol–water partition coefficient (Wildman–Crippen LogP) is 2.68. The van der Waals surface area contributed by atoms with Gasteiger partial charge in [-0.1, -0.05) is 30.3 Å². The quantitative estimate of drug-likeness (QED) is 0.892. The summed E-state index contributed by atoms with van der Waals surface area (Å²) in [6.07, 6.45) is 0. The highest BCUT2D eigenvalue weighted by Gasteiger charge is 2.22. The zero-order valence-electron chi connectivity index (χ0n) is 12.6. The van der Waals surface area contributed by atoms with E-state index in [9.17, 15) is 4.79 Å². The van der Waals surface area contributed by atoms with Crippen LogP contribution in [-0.4, -0.2) is 17.4 Å². The second kappa shape index (κ2) is 6.83. The Morgan fingerprint density at radius 3 is 2.52 bits per heavy atom. The lowest BCUT2D eigenvalue weighted by Gasteiger charge is -2.19. The van der Waals surface area contributed by atoms with E-state index in [4.69, 9.17) is 5.73 Å². The molecule has 0 aliphatic carbocycles. The minimum Gasteiger partial charge on any atom is -0.348 e. The van der Waals surface area contributed by atoms with E-state index >= 15 is 0 Å². The smallest absolute Gasteiger partial charge is 0.229 e. The van der Waals surface area contributed by atoms with E-state index in [1.54, 1.807) is 11.3 Å². The summed E-state index contributed by atoms with van der Waals surface area (Å²) < 4.78 is 0. The summed E-state index contributed by atoms with van der Waals surface area (Å²) in [6, 6.07) is 9.59. The zero-order chi connectivity index (χ0) is 15.4. The Labute approximate surface area is 129 Å². The van der Waals surface area contributed by atoms with Gasteiger partial charge in [0.2, 0.25) is 5.91 Å². The topological polar surface area (TPSA) is 68.0 Å². The van der Waals surface area contributed by atoms with Crippen molar-refractivity contribution in [3.05, 3.63) is 51.5 Å². The molecule has 0 aliphatic rings. The molecule has 0 bridgehead atoms. The highest BCUT2D eigenvalue weighted by molar-refractivity contribution is 7.11. The summed E-state index contributed by atoms with van der Waals surface area (Å²) in [5.74, 6) is -0.357. The molecule has 3 N–H and O–H groups in total. The molecule has 0 saturated carbocycles. The zero-order valence-corrected chi connectivity index (χ0v) is 13.4. The lowest BCUT2D eigenvalue weighted by molar-refractivity contribution is -0.123. The van der Waals surface area contributed by atoms with Crippen molar-refractivity contribution in [1.29, 1.82) is 0 Å². The molecule has 2 atom stereocenters. The van der Waals surface area contributed by atoms with Crippen molar-refractivity contribution in [2.75, 3.05) is 6.54 Å². The van der Waals surface area contributed by atoms with Gasteiger partial charge in [-0.25, -0.2) is 4.98 Å². The summed E-state index contributed by atoms with van der Waals surface area (Å²) >= 11 is 1.62. The molecule has 0 radical (unpaired) electrons. The Balaban J connectivity index is 2.11. The van der Waals surface area contributed by atoms with Gasteiger partial charge in [0.25, 0.3) is 0 Å². The first-order chi connectivity index (χ1) is 10.0. The number of hydrogen-bond donors (Lipinski definition) is 2. The van der Waals surface area contributed by atoms with Crippen molar-refractivity contribution >= 4 is 17.2 Å². The summed E-state index contributed by atoms with van der Waals surface area (Å²) in [7, 11) is 0. The van der Waals surface area contributed by atoms with Crippen molar-refractivity contribution in [3.63, 3.8) is 0 Å². The van der Waals surface area contributed by atoms with Crippen LogP contribution in [-0.2, 0) is 4.79 Å².